The van der Waals surface area contributed by atoms with Crippen molar-refractivity contribution in [2.75, 3.05) is 9.80 Å². The molecule has 0 bridgehead atoms. The number of hydrogen-bond donors (Lipinski definition) is 0. The quantitative estimate of drug-likeness (QED) is 0.166. The summed E-state index contributed by atoms with van der Waals surface area (Å²) in [5.41, 5.74) is 20.4. The standard InChI is InChI=1S/C68H48N2O2/c1-67(2)55-25-13-11-21-49(55)51-23-15-27-57(65(51)67)69(45-17-7-5-8-18-45)47-31-29-41-37-53-61(39-43(41)35-47)71-59-33-34-60-64(63(53)59)54-38-42-30-32-48(36-44(42)40-62(54)72-60)70(46-19-9-6-10-20-46)58-28-16-24-52-50-22-12-14-26-56(50)68(3,4)66(52)58/h5-40H,1-4H3. The highest BCUT2D eigenvalue weighted by molar-refractivity contribution is 6.28. The number of para-hydroxylation sites is 2. The zero-order valence-corrected chi connectivity index (χ0v) is 40.5. The molecule has 0 spiro atoms. The summed E-state index contributed by atoms with van der Waals surface area (Å²) in [6.45, 7) is 9.44. The van der Waals surface area contributed by atoms with Crippen molar-refractivity contribution in [2.45, 2.75) is 38.5 Å². The molecule has 0 saturated heterocycles. The summed E-state index contributed by atoms with van der Waals surface area (Å²) in [7, 11) is 0. The van der Waals surface area contributed by atoms with Crippen LogP contribution in [-0.2, 0) is 10.8 Å². The molecule has 0 amide bonds. The maximum Gasteiger partial charge on any atom is 0.136 e. The molecule has 2 aliphatic carbocycles. The van der Waals surface area contributed by atoms with E-state index in [1.54, 1.807) is 0 Å². The van der Waals surface area contributed by atoms with Crippen LogP contribution in [0.1, 0.15) is 49.9 Å². The van der Waals surface area contributed by atoms with E-state index in [0.29, 0.717) is 0 Å². The van der Waals surface area contributed by atoms with Crippen molar-refractivity contribution in [1.82, 2.24) is 0 Å². The average Bonchev–Trinajstić information content (AvgIpc) is 4.10. The molecule has 15 rings (SSSR count). The highest BCUT2D eigenvalue weighted by Crippen LogP contribution is 2.56. The summed E-state index contributed by atoms with van der Waals surface area (Å²) in [4.78, 5) is 4.85. The van der Waals surface area contributed by atoms with E-state index in [4.69, 9.17) is 8.83 Å². The molecule has 0 unspecified atom stereocenters. The Hall–Kier alpha value is -8.86. The van der Waals surface area contributed by atoms with Gasteiger partial charge in [-0.2, -0.15) is 0 Å². The van der Waals surface area contributed by atoms with E-state index in [1.165, 1.54) is 55.9 Å². The lowest BCUT2D eigenvalue weighted by Gasteiger charge is -2.32. The Morgan fingerprint density at radius 1 is 0.306 bits per heavy atom. The Balaban J connectivity index is 0.858. The van der Waals surface area contributed by atoms with Crippen LogP contribution >= 0.6 is 0 Å². The Labute approximate surface area is 417 Å². The first-order valence-corrected chi connectivity index (χ1v) is 25.1. The number of nitrogens with zero attached hydrogens (tertiary/aromatic N) is 2. The fourth-order valence-corrected chi connectivity index (χ4v) is 12.9. The SMILES string of the molecule is CC1(C)c2ccccc2-c2cccc(N(c3ccccc3)c3ccc4cc5c(cc4c3)oc3ccc4oc6cc7cc(N(c8ccccc8)c8cccc9c8C(C)(C)c8ccccc8-9)ccc7cc6c4c35)c21. The van der Waals surface area contributed by atoms with Crippen LogP contribution in [0.15, 0.2) is 227 Å². The minimum atomic E-state index is -0.178. The molecule has 2 aromatic heterocycles. The first kappa shape index (κ1) is 41.0. The average molecular weight is 925 g/mol. The smallest absolute Gasteiger partial charge is 0.136 e. The monoisotopic (exact) mass is 924 g/mol. The second-order valence-corrected chi connectivity index (χ2v) is 20.9. The number of benzene rings is 11. The first-order valence-electron chi connectivity index (χ1n) is 25.1. The van der Waals surface area contributed by atoms with E-state index in [1.807, 2.05) is 0 Å². The topological polar surface area (TPSA) is 32.8 Å². The predicted molar refractivity (Wildman–Crippen MR) is 301 cm³/mol. The van der Waals surface area contributed by atoms with Crippen molar-refractivity contribution in [1.29, 1.82) is 0 Å². The van der Waals surface area contributed by atoms with E-state index in [9.17, 15) is 0 Å². The van der Waals surface area contributed by atoms with E-state index in [2.05, 4.69) is 256 Å². The van der Waals surface area contributed by atoms with Crippen LogP contribution in [0.2, 0.25) is 0 Å². The lowest BCUT2D eigenvalue weighted by molar-refractivity contribution is 0.660. The van der Waals surface area contributed by atoms with Crippen LogP contribution in [0, 0.1) is 0 Å². The summed E-state index contributed by atoms with van der Waals surface area (Å²) in [5, 5.41) is 8.83. The van der Waals surface area contributed by atoms with Gasteiger partial charge in [0.1, 0.15) is 22.3 Å². The second kappa shape index (κ2) is 14.8. The molecule has 0 atom stereocenters. The van der Waals surface area contributed by atoms with E-state index >= 15 is 0 Å². The lowest BCUT2D eigenvalue weighted by atomic mass is 9.81. The van der Waals surface area contributed by atoms with Crippen molar-refractivity contribution < 1.29 is 8.83 Å². The zero-order chi connectivity index (χ0) is 48.0. The molecule has 0 N–H and O–H groups in total. The minimum Gasteiger partial charge on any atom is -0.456 e. The van der Waals surface area contributed by atoms with Gasteiger partial charge in [0.05, 0.1) is 11.4 Å². The first-order chi connectivity index (χ1) is 35.2. The molecule has 72 heavy (non-hydrogen) atoms. The Kier molecular flexibility index (Phi) is 8.44. The molecule has 2 heterocycles. The van der Waals surface area contributed by atoms with Crippen LogP contribution in [0.3, 0.4) is 0 Å². The van der Waals surface area contributed by atoms with Gasteiger partial charge in [0.25, 0.3) is 0 Å². The molecule has 0 aliphatic heterocycles. The molecular weight excluding hydrogens is 877 g/mol. The van der Waals surface area contributed by atoms with Crippen molar-refractivity contribution in [3.8, 4) is 22.3 Å². The molecule has 342 valence electrons. The largest absolute Gasteiger partial charge is 0.456 e. The Morgan fingerprint density at radius 3 is 1.15 bits per heavy atom. The molecular formula is C68H48N2O2. The van der Waals surface area contributed by atoms with Crippen molar-refractivity contribution in [3.63, 3.8) is 0 Å². The molecule has 4 heteroatoms. The molecule has 13 aromatic rings. The predicted octanol–water partition coefficient (Wildman–Crippen LogP) is 19.3. The third kappa shape index (κ3) is 5.75. The van der Waals surface area contributed by atoms with Gasteiger partial charge in [-0.25, -0.2) is 0 Å². The minimum absolute atomic E-state index is 0.178. The van der Waals surface area contributed by atoms with Gasteiger partial charge in [-0.15, -0.1) is 0 Å². The van der Waals surface area contributed by atoms with Gasteiger partial charge in [-0.3, -0.25) is 0 Å². The van der Waals surface area contributed by atoms with Gasteiger partial charge in [0, 0.05) is 55.1 Å². The number of anilines is 6. The maximum atomic E-state index is 6.80. The van der Waals surface area contributed by atoms with Gasteiger partial charge >= 0.3 is 0 Å². The van der Waals surface area contributed by atoms with Gasteiger partial charge in [0.2, 0.25) is 0 Å². The molecule has 0 saturated carbocycles. The third-order valence-corrected chi connectivity index (χ3v) is 16.1. The number of rotatable bonds is 6. The third-order valence-electron chi connectivity index (χ3n) is 16.1. The van der Waals surface area contributed by atoms with Crippen LogP contribution in [0.4, 0.5) is 34.1 Å². The number of hydrogen-bond acceptors (Lipinski definition) is 4. The van der Waals surface area contributed by atoms with Crippen molar-refractivity contribution in [2.24, 2.45) is 0 Å². The van der Waals surface area contributed by atoms with Gasteiger partial charge in [-0.1, -0.05) is 149 Å². The van der Waals surface area contributed by atoms with Crippen LogP contribution in [0.25, 0.3) is 87.7 Å². The molecule has 2 aliphatic rings. The molecule has 0 radical (unpaired) electrons. The van der Waals surface area contributed by atoms with E-state index in [-0.39, 0.29) is 10.8 Å². The summed E-state index contributed by atoms with van der Waals surface area (Å²) in [6, 6.07) is 79.7. The summed E-state index contributed by atoms with van der Waals surface area (Å²) < 4.78 is 13.6. The van der Waals surface area contributed by atoms with Crippen LogP contribution in [0.5, 0.6) is 0 Å². The number of fused-ring (bicyclic) bond motifs is 15. The fourth-order valence-electron chi connectivity index (χ4n) is 12.9. The second-order valence-electron chi connectivity index (χ2n) is 20.9. The van der Waals surface area contributed by atoms with Gasteiger partial charge in [0.15, 0.2) is 0 Å². The van der Waals surface area contributed by atoms with Gasteiger partial charge in [-0.05, 0) is 163 Å². The summed E-state index contributed by atoms with van der Waals surface area (Å²) in [6.07, 6.45) is 0. The van der Waals surface area contributed by atoms with Crippen molar-refractivity contribution in [3.05, 3.63) is 241 Å². The van der Waals surface area contributed by atoms with E-state index < -0.39 is 0 Å². The highest BCUT2D eigenvalue weighted by Gasteiger charge is 2.40. The molecule has 0 fully saturated rings. The summed E-state index contributed by atoms with van der Waals surface area (Å²) >= 11 is 0. The fraction of sp³-hybridized carbons (Fsp3) is 0.0882. The highest BCUT2D eigenvalue weighted by atomic mass is 16.3. The summed E-state index contributed by atoms with van der Waals surface area (Å²) in [5.74, 6) is 0. The normalized spacial score (nSPS) is 14.1. The van der Waals surface area contributed by atoms with Crippen molar-refractivity contribution >= 4 is 99.5 Å². The maximum absolute atomic E-state index is 6.80. The number of furan rings is 2. The Morgan fingerprint density at radius 2 is 0.708 bits per heavy atom. The molecule has 4 nitrogen and oxygen atoms in total. The Bertz CT molecular complexity index is 4120. The zero-order valence-electron chi connectivity index (χ0n) is 40.5. The molecule has 11 aromatic carbocycles. The van der Waals surface area contributed by atoms with Gasteiger partial charge < -0.3 is 18.6 Å². The van der Waals surface area contributed by atoms with Crippen LogP contribution in [-0.4, -0.2) is 0 Å². The van der Waals surface area contributed by atoms with Crippen LogP contribution < -0.4 is 9.80 Å². The lowest BCUT2D eigenvalue weighted by Crippen LogP contribution is -2.20. The van der Waals surface area contributed by atoms with E-state index in [0.717, 1.165) is 88.2 Å².